The van der Waals surface area contributed by atoms with E-state index in [9.17, 15) is 14.7 Å². The molecular weight excluding hydrogens is 362 g/mol. The Labute approximate surface area is 164 Å². The van der Waals surface area contributed by atoms with E-state index >= 15 is 0 Å². The average molecular weight is 389 g/mol. The number of likely N-dealkylation sites (N-methyl/N-ethyl adjacent to an activating group) is 1. The van der Waals surface area contributed by atoms with Gasteiger partial charge in [-0.25, -0.2) is 0 Å². The molecule has 2 aliphatic heterocycles. The number of nitrogens with one attached hydrogen (secondary N) is 1. The number of anilines is 1. The molecule has 0 spiro atoms. The van der Waals surface area contributed by atoms with Crippen LogP contribution in [0.15, 0.2) is 18.2 Å². The van der Waals surface area contributed by atoms with Gasteiger partial charge >= 0.3 is 0 Å². The van der Waals surface area contributed by atoms with Crippen molar-refractivity contribution in [1.29, 1.82) is 0 Å². The molecule has 1 saturated carbocycles. The van der Waals surface area contributed by atoms with Gasteiger partial charge in [-0.3, -0.25) is 9.59 Å². The van der Waals surface area contributed by atoms with Gasteiger partial charge in [0, 0.05) is 25.7 Å². The monoisotopic (exact) mass is 389 g/mol. The van der Waals surface area contributed by atoms with Crippen molar-refractivity contribution < 1.29 is 24.2 Å². The van der Waals surface area contributed by atoms with Crippen molar-refractivity contribution in [1.82, 2.24) is 10.2 Å². The van der Waals surface area contributed by atoms with Gasteiger partial charge in [-0.15, -0.1) is 0 Å². The lowest BCUT2D eigenvalue weighted by Crippen LogP contribution is -2.47. The second-order valence-electron chi connectivity index (χ2n) is 7.85. The topological polar surface area (TPSA) is 91.3 Å². The van der Waals surface area contributed by atoms with Crippen molar-refractivity contribution >= 4 is 17.5 Å². The largest absolute Gasteiger partial charge is 0.489 e. The molecule has 2 heterocycles. The minimum absolute atomic E-state index is 0.0158. The number of hydrogen-bond donors (Lipinski definition) is 2. The molecule has 2 fully saturated rings. The van der Waals surface area contributed by atoms with Crippen molar-refractivity contribution in [2.45, 2.75) is 30.8 Å². The number of aliphatic hydroxyl groups excluding tert-OH is 1. The van der Waals surface area contributed by atoms with Crippen LogP contribution in [0.2, 0.25) is 0 Å². The summed E-state index contributed by atoms with van der Waals surface area (Å²) < 4.78 is 11.2. The zero-order valence-corrected chi connectivity index (χ0v) is 16.1. The molecule has 4 rings (SSSR count). The van der Waals surface area contributed by atoms with Crippen LogP contribution >= 0.6 is 0 Å². The zero-order valence-electron chi connectivity index (χ0n) is 16.1. The molecule has 0 unspecified atom stereocenters. The van der Waals surface area contributed by atoms with Crippen molar-refractivity contribution in [3.63, 3.8) is 0 Å². The Morgan fingerprint density at radius 2 is 2.04 bits per heavy atom. The molecule has 1 aliphatic carbocycles. The van der Waals surface area contributed by atoms with Crippen LogP contribution in [0, 0.1) is 0 Å². The van der Waals surface area contributed by atoms with Gasteiger partial charge in [-0.05, 0) is 31.0 Å². The van der Waals surface area contributed by atoms with E-state index in [1.165, 1.54) is 0 Å². The lowest BCUT2D eigenvalue weighted by atomic mass is 10.1. The second kappa shape index (κ2) is 7.60. The van der Waals surface area contributed by atoms with Gasteiger partial charge < -0.3 is 29.7 Å². The van der Waals surface area contributed by atoms with Crippen LogP contribution in [0.4, 0.5) is 5.69 Å². The molecule has 0 radical (unpaired) electrons. The number of aliphatic hydroxyl groups is 1. The van der Waals surface area contributed by atoms with E-state index in [4.69, 9.17) is 9.47 Å². The highest BCUT2D eigenvalue weighted by Crippen LogP contribution is 2.36. The number of carbonyl (C=O) groups excluding carboxylic acids is 2. The molecule has 0 bridgehead atoms. The molecule has 2 amide bonds. The van der Waals surface area contributed by atoms with Crippen molar-refractivity contribution in [3.8, 4) is 5.75 Å². The summed E-state index contributed by atoms with van der Waals surface area (Å²) in [5.41, 5.74) is 1.01. The number of benzene rings is 1. The van der Waals surface area contributed by atoms with E-state index in [2.05, 4.69) is 5.32 Å². The third-order valence-electron chi connectivity index (χ3n) is 5.84. The molecule has 1 aromatic rings. The Morgan fingerprint density at radius 3 is 2.71 bits per heavy atom. The maximum absolute atomic E-state index is 12.8. The molecule has 2 N–H and O–H groups in total. The summed E-state index contributed by atoms with van der Waals surface area (Å²) in [4.78, 5) is 29.0. The van der Waals surface area contributed by atoms with Gasteiger partial charge in [0.05, 0.1) is 43.5 Å². The summed E-state index contributed by atoms with van der Waals surface area (Å²) in [6.07, 6.45) is 1.92. The Kier molecular flexibility index (Phi) is 5.16. The first-order valence-electron chi connectivity index (χ1n) is 9.80. The van der Waals surface area contributed by atoms with Crippen LogP contribution in [0.1, 0.15) is 29.6 Å². The summed E-state index contributed by atoms with van der Waals surface area (Å²) in [6.45, 7) is 2.69. The first-order chi connectivity index (χ1) is 13.5. The fourth-order valence-electron chi connectivity index (χ4n) is 3.72. The Morgan fingerprint density at radius 1 is 1.29 bits per heavy atom. The molecule has 0 aromatic heterocycles. The van der Waals surface area contributed by atoms with Gasteiger partial charge in [-0.2, -0.15) is 0 Å². The van der Waals surface area contributed by atoms with E-state index in [0.717, 1.165) is 18.5 Å². The van der Waals surface area contributed by atoms with Crippen LogP contribution < -0.4 is 15.0 Å². The summed E-state index contributed by atoms with van der Waals surface area (Å²) in [5, 5.41) is 12.3. The highest BCUT2D eigenvalue weighted by atomic mass is 16.5. The molecule has 1 atom stereocenters. The fourth-order valence-corrected chi connectivity index (χ4v) is 3.72. The number of nitrogens with zero attached hydrogens (tertiary/aromatic N) is 2. The maximum Gasteiger partial charge on any atom is 0.254 e. The van der Waals surface area contributed by atoms with Crippen molar-refractivity contribution in [2.75, 3.05) is 51.5 Å². The number of fused-ring (bicyclic) bond motifs is 1. The van der Waals surface area contributed by atoms with E-state index in [-0.39, 0.29) is 30.9 Å². The van der Waals surface area contributed by atoms with Crippen LogP contribution in [0.5, 0.6) is 5.75 Å². The van der Waals surface area contributed by atoms with Crippen molar-refractivity contribution in [3.05, 3.63) is 23.8 Å². The number of carbonyl (C=O) groups is 2. The zero-order chi connectivity index (χ0) is 19.7. The van der Waals surface area contributed by atoms with Crippen LogP contribution in [-0.4, -0.2) is 80.0 Å². The lowest BCUT2D eigenvalue weighted by Gasteiger charge is -2.36. The number of morpholine rings is 1. The highest BCUT2D eigenvalue weighted by molar-refractivity contribution is 5.96. The predicted octanol–water partition coefficient (Wildman–Crippen LogP) is 0.387. The lowest BCUT2D eigenvalue weighted by molar-refractivity contribution is -0.123. The van der Waals surface area contributed by atoms with E-state index in [1.54, 1.807) is 11.0 Å². The molecule has 1 saturated heterocycles. The van der Waals surface area contributed by atoms with Crippen LogP contribution in [-0.2, 0) is 9.53 Å². The molecule has 3 aliphatic rings. The summed E-state index contributed by atoms with van der Waals surface area (Å²) in [5.74, 6) is 0.612. The van der Waals surface area contributed by atoms with Gasteiger partial charge in [0.2, 0.25) is 5.91 Å². The quantitative estimate of drug-likeness (QED) is 0.757. The average Bonchev–Trinajstić information content (AvgIpc) is 3.50. The van der Waals surface area contributed by atoms with Crippen LogP contribution in [0.25, 0.3) is 0 Å². The summed E-state index contributed by atoms with van der Waals surface area (Å²) in [7, 11) is 1.92. The second-order valence-corrected chi connectivity index (χ2v) is 7.85. The molecule has 8 nitrogen and oxygen atoms in total. The first kappa shape index (κ1) is 19.0. The Hall–Kier alpha value is -2.32. The Bertz CT molecular complexity index is 758. The van der Waals surface area contributed by atoms with Gasteiger partial charge in [0.1, 0.15) is 12.4 Å². The van der Waals surface area contributed by atoms with Gasteiger partial charge in [0.25, 0.3) is 5.91 Å². The fraction of sp³-hybridized carbons (Fsp3) is 0.600. The molecule has 8 heteroatoms. The van der Waals surface area contributed by atoms with E-state index < -0.39 is 5.54 Å². The smallest absolute Gasteiger partial charge is 0.254 e. The summed E-state index contributed by atoms with van der Waals surface area (Å²) >= 11 is 0. The normalized spacial score (nSPS) is 22.9. The van der Waals surface area contributed by atoms with E-state index in [1.807, 2.05) is 24.1 Å². The third-order valence-corrected chi connectivity index (χ3v) is 5.84. The minimum Gasteiger partial charge on any atom is -0.489 e. The number of hydrogen-bond acceptors (Lipinski definition) is 6. The SMILES string of the molecule is CN1c2cc(C(=O)N3CCOCC3)ccc2OC[C@H]1CC(=O)NC1(CO)CC1. The molecule has 1 aromatic carbocycles. The standard InChI is InChI=1S/C20H27N3O5/c1-22-15(11-18(25)21-20(13-24)4-5-20)12-28-17-3-2-14(10-16(17)22)19(26)23-6-8-27-9-7-23/h2-3,10,15,24H,4-9,11-13H2,1H3,(H,21,25)/t15-/m1/s1. The van der Waals surface area contributed by atoms with Gasteiger partial charge in [0.15, 0.2) is 0 Å². The summed E-state index contributed by atoms with van der Waals surface area (Å²) in [6, 6.07) is 5.32. The number of amides is 2. The third kappa shape index (κ3) is 3.79. The minimum atomic E-state index is -0.416. The van der Waals surface area contributed by atoms with Crippen LogP contribution in [0.3, 0.4) is 0 Å². The number of ether oxygens (including phenoxy) is 2. The maximum atomic E-state index is 12.8. The first-order valence-corrected chi connectivity index (χ1v) is 9.80. The highest BCUT2D eigenvalue weighted by Gasteiger charge is 2.43. The molecule has 28 heavy (non-hydrogen) atoms. The van der Waals surface area contributed by atoms with Crippen molar-refractivity contribution in [2.24, 2.45) is 0 Å². The molecular formula is C20H27N3O5. The Balaban J connectivity index is 1.45. The van der Waals surface area contributed by atoms with Gasteiger partial charge in [-0.1, -0.05) is 0 Å². The number of rotatable bonds is 5. The molecule has 152 valence electrons. The van der Waals surface area contributed by atoms with E-state index in [0.29, 0.717) is 44.2 Å². The predicted molar refractivity (Wildman–Crippen MR) is 103 cm³/mol.